The molecule has 1 atom stereocenters. The first kappa shape index (κ1) is 23.6. The van der Waals surface area contributed by atoms with Crippen LogP contribution in [0.1, 0.15) is 44.6 Å². The van der Waals surface area contributed by atoms with E-state index in [1.807, 2.05) is 6.07 Å². The molecule has 29 heavy (non-hydrogen) atoms. The molecule has 0 radical (unpaired) electrons. The number of rotatable bonds is 15. The van der Waals surface area contributed by atoms with Gasteiger partial charge in [0.15, 0.2) is 5.96 Å². The molecule has 0 bridgehead atoms. The van der Waals surface area contributed by atoms with Gasteiger partial charge in [-0.05, 0) is 51.0 Å². The van der Waals surface area contributed by atoms with Crippen LogP contribution in [0.2, 0.25) is 0 Å². The van der Waals surface area contributed by atoms with E-state index in [0.29, 0.717) is 6.10 Å². The zero-order chi connectivity index (χ0) is 20.4. The molecule has 0 aliphatic carbocycles. The van der Waals surface area contributed by atoms with Gasteiger partial charge in [0, 0.05) is 39.5 Å². The predicted octanol–water partition coefficient (Wildman–Crippen LogP) is 3.17. The van der Waals surface area contributed by atoms with Crippen LogP contribution in [-0.2, 0) is 20.6 Å². The second-order valence-electron chi connectivity index (χ2n) is 7.31. The molecule has 1 heterocycles. The van der Waals surface area contributed by atoms with E-state index in [1.165, 1.54) is 5.56 Å². The van der Waals surface area contributed by atoms with Crippen LogP contribution in [0.3, 0.4) is 0 Å². The number of nitrogens with zero attached hydrogens (tertiary/aromatic N) is 1. The Hall–Kier alpha value is -1.63. The molecule has 2 N–H and O–H groups in total. The molecule has 0 amide bonds. The molecule has 0 saturated carbocycles. The summed E-state index contributed by atoms with van der Waals surface area (Å²) in [5, 5.41) is 6.69. The minimum atomic E-state index is 0.305. The summed E-state index contributed by atoms with van der Waals surface area (Å²) < 4.78 is 17.0. The van der Waals surface area contributed by atoms with Crippen LogP contribution in [0.5, 0.6) is 0 Å². The summed E-state index contributed by atoms with van der Waals surface area (Å²) in [6.45, 7) is 8.56. The van der Waals surface area contributed by atoms with E-state index >= 15 is 0 Å². The van der Waals surface area contributed by atoms with Crippen molar-refractivity contribution in [2.75, 3.05) is 52.7 Å². The fourth-order valence-electron chi connectivity index (χ4n) is 3.16. The van der Waals surface area contributed by atoms with Crippen LogP contribution >= 0.6 is 0 Å². The lowest BCUT2D eigenvalue weighted by molar-refractivity contribution is 0.0171. The Morgan fingerprint density at radius 2 is 1.93 bits per heavy atom. The Balaban J connectivity index is 1.43. The van der Waals surface area contributed by atoms with E-state index in [4.69, 9.17) is 14.2 Å². The van der Waals surface area contributed by atoms with Crippen molar-refractivity contribution in [2.45, 2.75) is 51.6 Å². The quantitative estimate of drug-likeness (QED) is 0.267. The van der Waals surface area contributed by atoms with Gasteiger partial charge in [-0.1, -0.05) is 30.3 Å². The van der Waals surface area contributed by atoms with Crippen molar-refractivity contribution < 1.29 is 14.2 Å². The predicted molar refractivity (Wildman–Crippen MR) is 119 cm³/mol. The van der Waals surface area contributed by atoms with Gasteiger partial charge in [-0.2, -0.15) is 0 Å². The van der Waals surface area contributed by atoms with Crippen LogP contribution in [0.4, 0.5) is 0 Å². The lowest BCUT2D eigenvalue weighted by Crippen LogP contribution is -2.38. The minimum absolute atomic E-state index is 0.305. The summed E-state index contributed by atoms with van der Waals surface area (Å²) in [4.78, 5) is 4.62. The van der Waals surface area contributed by atoms with Crippen molar-refractivity contribution >= 4 is 5.96 Å². The lowest BCUT2D eigenvalue weighted by Gasteiger charge is -2.12. The minimum Gasteiger partial charge on any atom is -0.381 e. The van der Waals surface area contributed by atoms with Crippen LogP contribution in [0, 0.1) is 0 Å². The molecule has 1 aromatic carbocycles. The van der Waals surface area contributed by atoms with E-state index in [9.17, 15) is 0 Å². The number of ether oxygens (including phenoxy) is 3. The average Bonchev–Trinajstić information content (AvgIpc) is 3.26. The normalized spacial score (nSPS) is 16.9. The number of hydrogen-bond donors (Lipinski definition) is 2. The van der Waals surface area contributed by atoms with E-state index in [1.54, 1.807) is 0 Å². The van der Waals surface area contributed by atoms with Crippen LogP contribution in [0.25, 0.3) is 0 Å². The molecule has 1 aromatic rings. The zero-order valence-electron chi connectivity index (χ0n) is 18.0. The van der Waals surface area contributed by atoms with E-state index < -0.39 is 0 Å². The third-order valence-electron chi connectivity index (χ3n) is 4.77. The number of nitrogens with one attached hydrogen (secondary N) is 2. The Labute approximate surface area is 176 Å². The first-order valence-corrected chi connectivity index (χ1v) is 11.2. The molecule has 6 nitrogen and oxygen atoms in total. The SMILES string of the molecule is CCNC(=NCCCOCC1CCCO1)NCCCCOCCc1ccccc1. The maximum atomic E-state index is 5.73. The highest BCUT2D eigenvalue weighted by Crippen LogP contribution is 2.11. The zero-order valence-corrected chi connectivity index (χ0v) is 18.0. The summed E-state index contributed by atoms with van der Waals surface area (Å²) in [7, 11) is 0. The highest BCUT2D eigenvalue weighted by atomic mass is 16.5. The highest BCUT2D eigenvalue weighted by molar-refractivity contribution is 5.79. The molecule has 0 spiro atoms. The molecule has 0 aromatic heterocycles. The maximum Gasteiger partial charge on any atom is 0.191 e. The lowest BCUT2D eigenvalue weighted by atomic mass is 10.2. The van der Waals surface area contributed by atoms with Crippen molar-refractivity contribution in [3.8, 4) is 0 Å². The average molecular weight is 406 g/mol. The third kappa shape index (κ3) is 11.8. The van der Waals surface area contributed by atoms with E-state index in [0.717, 1.165) is 97.2 Å². The molecule has 1 unspecified atom stereocenters. The van der Waals surface area contributed by atoms with Gasteiger partial charge in [0.1, 0.15) is 0 Å². The maximum absolute atomic E-state index is 5.73. The Morgan fingerprint density at radius 3 is 2.72 bits per heavy atom. The van der Waals surface area contributed by atoms with Crippen molar-refractivity contribution in [1.82, 2.24) is 10.6 Å². The Bertz CT molecular complexity index is 533. The number of hydrogen-bond acceptors (Lipinski definition) is 4. The molecule has 1 aliphatic rings. The third-order valence-corrected chi connectivity index (χ3v) is 4.77. The van der Waals surface area contributed by atoms with Gasteiger partial charge in [-0.25, -0.2) is 0 Å². The van der Waals surface area contributed by atoms with Gasteiger partial charge in [0.05, 0.1) is 19.3 Å². The summed E-state index contributed by atoms with van der Waals surface area (Å²) in [6, 6.07) is 10.5. The fourth-order valence-corrected chi connectivity index (χ4v) is 3.16. The summed E-state index contributed by atoms with van der Waals surface area (Å²) in [6.07, 6.45) is 6.63. The molecule has 1 fully saturated rings. The first-order chi connectivity index (χ1) is 14.4. The van der Waals surface area contributed by atoms with Gasteiger partial charge < -0.3 is 24.8 Å². The molecule has 2 rings (SSSR count). The highest BCUT2D eigenvalue weighted by Gasteiger charge is 2.14. The number of unbranched alkanes of at least 4 members (excludes halogenated alkanes) is 1. The number of guanidine groups is 1. The largest absolute Gasteiger partial charge is 0.381 e. The smallest absolute Gasteiger partial charge is 0.191 e. The van der Waals surface area contributed by atoms with Gasteiger partial charge >= 0.3 is 0 Å². The summed E-state index contributed by atoms with van der Waals surface area (Å²) >= 11 is 0. The molecular formula is C23H39N3O3. The first-order valence-electron chi connectivity index (χ1n) is 11.2. The topological polar surface area (TPSA) is 64.1 Å². The molecular weight excluding hydrogens is 366 g/mol. The fraction of sp³-hybridized carbons (Fsp3) is 0.696. The van der Waals surface area contributed by atoms with Gasteiger partial charge in [-0.15, -0.1) is 0 Å². The monoisotopic (exact) mass is 405 g/mol. The second-order valence-corrected chi connectivity index (χ2v) is 7.31. The number of benzene rings is 1. The van der Waals surface area contributed by atoms with Crippen molar-refractivity contribution in [3.63, 3.8) is 0 Å². The summed E-state index contributed by atoms with van der Waals surface area (Å²) in [5.41, 5.74) is 1.33. The Kier molecular flexibility index (Phi) is 13.2. The summed E-state index contributed by atoms with van der Waals surface area (Å²) in [5.74, 6) is 0.886. The Morgan fingerprint density at radius 1 is 1.07 bits per heavy atom. The molecule has 1 saturated heterocycles. The van der Waals surface area contributed by atoms with Crippen molar-refractivity contribution in [1.29, 1.82) is 0 Å². The van der Waals surface area contributed by atoms with Gasteiger partial charge in [0.2, 0.25) is 0 Å². The van der Waals surface area contributed by atoms with Crippen LogP contribution in [-0.4, -0.2) is 64.7 Å². The standard InChI is InChI=1S/C23H39N3O3/c1-2-24-23(26-15-9-17-28-20-22-12-8-18-29-22)25-14-6-7-16-27-19-13-21-10-4-3-5-11-21/h3-5,10-11,22H,2,6-9,12-20H2,1H3,(H2,24,25,26). The van der Waals surface area contributed by atoms with E-state index in [-0.39, 0.29) is 0 Å². The molecule has 6 heteroatoms. The van der Waals surface area contributed by atoms with E-state index in [2.05, 4.69) is 46.8 Å². The van der Waals surface area contributed by atoms with Crippen molar-refractivity contribution in [3.05, 3.63) is 35.9 Å². The van der Waals surface area contributed by atoms with Gasteiger partial charge in [-0.3, -0.25) is 4.99 Å². The van der Waals surface area contributed by atoms with Crippen LogP contribution < -0.4 is 10.6 Å². The molecule has 164 valence electrons. The van der Waals surface area contributed by atoms with Crippen LogP contribution in [0.15, 0.2) is 35.3 Å². The second kappa shape index (κ2) is 16.2. The van der Waals surface area contributed by atoms with Crippen molar-refractivity contribution in [2.24, 2.45) is 4.99 Å². The molecule has 1 aliphatic heterocycles. The number of aliphatic imine (C=N–C) groups is 1. The van der Waals surface area contributed by atoms with Gasteiger partial charge in [0.25, 0.3) is 0 Å².